The van der Waals surface area contributed by atoms with Gasteiger partial charge < -0.3 is 10.4 Å². The van der Waals surface area contributed by atoms with Crippen molar-refractivity contribution in [1.82, 2.24) is 5.32 Å². The van der Waals surface area contributed by atoms with Gasteiger partial charge in [0.2, 0.25) is 0 Å². The van der Waals surface area contributed by atoms with E-state index in [1.807, 2.05) is 12.1 Å². The van der Waals surface area contributed by atoms with Crippen molar-refractivity contribution in [2.24, 2.45) is 5.92 Å². The van der Waals surface area contributed by atoms with Crippen LogP contribution in [-0.2, 0) is 0 Å². The van der Waals surface area contributed by atoms with E-state index in [1.165, 1.54) is 25.7 Å². The van der Waals surface area contributed by atoms with Gasteiger partial charge in [0.25, 0.3) is 0 Å². The summed E-state index contributed by atoms with van der Waals surface area (Å²) in [5, 5.41) is 21.9. The number of benzene rings is 1. The van der Waals surface area contributed by atoms with Gasteiger partial charge in [0.05, 0.1) is 17.7 Å². The van der Waals surface area contributed by atoms with Crippen LogP contribution >= 0.6 is 0 Å². The Morgan fingerprint density at radius 2 is 2.06 bits per heavy atom. The molecule has 1 saturated carbocycles. The molecule has 3 nitrogen and oxygen atoms in total. The maximum atomic E-state index is 9.96. The summed E-state index contributed by atoms with van der Waals surface area (Å²) in [6.07, 6.45) is 4.85. The van der Waals surface area contributed by atoms with Crippen molar-refractivity contribution < 1.29 is 5.11 Å². The average Bonchev–Trinajstić information content (AvgIpc) is 3.22. The first-order valence-corrected chi connectivity index (χ1v) is 6.68. The number of nitrogens with one attached hydrogen (secondary N) is 1. The van der Waals surface area contributed by atoms with Gasteiger partial charge in [-0.15, -0.1) is 0 Å². The molecular formula is C15H20N2O. The van der Waals surface area contributed by atoms with Crippen LogP contribution in [0.4, 0.5) is 0 Å². The highest BCUT2D eigenvalue weighted by atomic mass is 16.3. The summed E-state index contributed by atoms with van der Waals surface area (Å²) in [4.78, 5) is 0. The predicted molar refractivity (Wildman–Crippen MR) is 70.9 cm³/mol. The van der Waals surface area contributed by atoms with Crippen LogP contribution in [0.1, 0.15) is 42.9 Å². The molecule has 2 N–H and O–H groups in total. The maximum Gasteiger partial charge on any atom is 0.0991 e. The molecule has 1 aliphatic rings. The smallest absolute Gasteiger partial charge is 0.0991 e. The molecule has 96 valence electrons. The third kappa shape index (κ3) is 4.14. The van der Waals surface area contributed by atoms with Crippen LogP contribution in [0.15, 0.2) is 24.3 Å². The van der Waals surface area contributed by atoms with Gasteiger partial charge in [0, 0.05) is 6.54 Å². The topological polar surface area (TPSA) is 56.0 Å². The van der Waals surface area contributed by atoms with E-state index in [0.717, 1.165) is 18.0 Å². The minimum Gasteiger partial charge on any atom is -0.387 e. The fraction of sp³-hybridized carbons (Fsp3) is 0.533. The first-order valence-electron chi connectivity index (χ1n) is 6.68. The number of rotatable bonds is 7. The quantitative estimate of drug-likeness (QED) is 0.724. The number of aliphatic hydroxyl groups excluding tert-OH is 1. The number of nitriles is 1. The Kier molecular flexibility index (Phi) is 4.74. The summed E-state index contributed by atoms with van der Waals surface area (Å²) in [6.45, 7) is 1.56. The molecule has 0 spiro atoms. The van der Waals surface area contributed by atoms with Crippen molar-refractivity contribution >= 4 is 0 Å². The molecule has 0 bridgehead atoms. The van der Waals surface area contributed by atoms with Gasteiger partial charge >= 0.3 is 0 Å². The van der Waals surface area contributed by atoms with Gasteiger partial charge in [0.1, 0.15) is 0 Å². The fourth-order valence-corrected chi connectivity index (χ4v) is 2.06. The highest BCUT2D eigenvalue weighted by Gasteiger charge is 2.19. The summed E-state index contributed by atoms with van der Waals surface area (Å²) in [5.74, 6) is 0.982. The van der Waals surface area contributed by atoms with Crippen molar-refractivity contribution in [3.63, 3.8) is 0 Å². The van der Waals surface area contributed by atoms with Crippen molar-refractivity contribution in [3.8, 4) is 6.07 Å². The highest BCUT2D eigenvalue weighted by molar-refractivity contribution is 5.32. The Bertz CT molecular complexity index is 403. The van der Waals surface area contributed by atoms with E-state index >= 15 is 0 Å². The molecule has 0 radical (unpaired) electrons. The molecule has 1 aromatic carbocycles. The Labute approximate surface area is 108 Å². The zero-order valence-corrected chi connectivity index (χ0v) is 10.6. The van der Waals surface area contributed by atoms with Gasteiger partial charge in [-0.25, -0.2) is 0 Å². The molecule has 1 atom stereocenters. The molecule has 3 heteroatoms. The first-order chi connectivity index (χ1) is 8.79. The number of nitrogens with zero attached hydrogens (tertiary/aromatic N) is 1. The van der Waals surface area contributed by atoms with E-state index < -0.39 is 6.10 Å². The predicted octanol–water partition coefficient (Wildman–Crippen LogP) is 2.37. The van der Waals surface area contributed by atoms with Crippen molar-refractivity contribution in [3.05, 3.63) is 35.4 Å². The lowest BCUT2D eigenvalue weighted by molar-refractivity contribution is 0.174. The fourth-order valence-electron chi connectivity index (χ4n) is 2.06. The Morgan fingerprint density at radius 1 is 1.33 bits per heavy atom. The number of hydrogen-bond acceptors (Lipinski definition) is 3. The molecule has 0 saturated heterocycles. The van der Waals surface area contributed by atoms with Crippen LogP contribution in [0.5, 0.6) is 0 Å². The normalized spacial score (nSPS) is 16.2. The first kappa shape index (κ1) is 13.1. The zero-order valence-electron chi connectivity index (χ0n) is 10.6. The number of hydrogen-bond donors (Lipinski definition) is 2. The average molecular weight is 244 g/mol. The van der Waals surface area contributed by atoms with Gasteiger partial charge in [-0.2, -0.15) is 5.26 Å². The lowest BCUT2D eigenvalue weighted by atomic mass is 10.1. The molecule has 0 aromatic heterocycles. The maximum absolute atomic E-state index is 9.96. The third-order valence-corrected chi connectivity index (χ3v) is 3.43. The van der Waals surface area contributed by atoms with Crippen molar-refractivity contribution in [1.29, 1.82) is 5.26 Å². The van der Waals surface area contributed by atoms with Crippen LogP contribution in [0.3, 0.4) is 0 Å². The zero-order chi connectivity index (χ0) is 12.8. The van der Waals surface area contributed by atoms with Crippen LogP contribution in [0, 0.1) is 17.2 Å². The van der Waals surface area contributed by atoms with E-state index in [2.05, 4.69) is 11.4 Å². The van der Waals surface area contributed by atoms with E-state index in [0.29, 0.717) is 12.1 Å². The van der Waals surface area contributed by atoms with Crippen LogP contribution < -0.4 is 5.32 Å². The minimum absolute atomic E-state index is 0.487. The molecule has 0 heterocycles. The molecule has 2 rings (SSSR count). The van der Waals surface area contributed by atoms with E-state index in [-0.39, 0.29) is 0 Å². The molecule has 1 fully saturated rings. The Morgan fingerprint density at radius 3 is 2.67 bits per heavy atom. The Balaban J connectivity index is 1.66. The van der Waals surface area contributed by atoms with Crippen molar-refractivity contribution in [2.45, 2.75) is 31.8 Å². The lowest BCUT2D eigenvalue weighted by Crippen LogP contribution is -2.22. The summed E-state index contributed by atoms with van der Waals surface area (Å²) in [7, 11) is 0. The molecular weight excluding hydrogens is 224 g/mol. The summed E-state index contributed by atoms with van der Waals surface area (Å²) >= 11 is 0. The van der Waals surface area contributed by atoms with E-state index in [1.54, 1.807) is 12.1 Å². The largest absolute Gasteiger partial charge is 0.387 e. The second-order valence-electron chi connectivity index (χ2n) is 5.04. The summed E-state index contributed by atoms with van der Waals surface area (Å²) in [5.41, 5.74) is 1.49. The summed E-state index contributed by atoms with van der Waals surface area (Å²) < 4.78 is 0. The third-order valence-electron chi connectivity index (χ3n) is 3.43. The summed E-state index contributed by atoms with van der Waals surface area (Å²) in [6, 6.07) is 9.18. The monoisotopic (exact) mass is 244 g/mol. The molecule has 0 aliphatic heterocycles. The van der Waals surface area contributed by atoms with Crippen LogP contribution in [-0.4, -0.2) is 18.2 Å². The van der Waals surface area contributed by atoms with Gasteiger partial charge in [0.15, 0.2) is 0 Å². The Hall–Kier alpha value is -1.37. The molecule has 18 heavy (non-hydrogen) atoms. The van der Waals surface area contributed by atoms with E-state index in [9.17, 15) is 5.11 Å². The van der Waals surface area contributed by atoms with Gasteiger partial charge in [-0.3, -0.25) is 0 Å². The molecule has 1 aliphatic carbocycles. The van der Waals surface area contributed by atoms with Gasteiger partial charge in [-0.1, -0.05) is 25.0 Å². The molecule has 0 amide bonds. The van der Waals surface area contributed by atoms with Crippen molar-refractivity contribution in [2.75, 3.05) is 13.1 Å². The SMILES string of the molecule is N#Cc1ccc(C(O)CNCCCC2CC2)cc1. The second-order valence-corrected chi connectivity index (χ2v) is 5.04. The lowest BCUT2D eigenvalue weighted by Gasteiger charge is -2.12. The highest BCUT2D eigenvalue weighted by Crippen LogP contribution is 2.33. The molecule has 1 unspecified atom stereocenters. The minimum atomic E-state index is -0.487. The van der Waals surface area contributed by atoms with Gasteiger partial charge in [-0.05, 0) is 43.0 Å². The van der Waals surface area contributed by atoms with E-state index in [4.69, 9.17) is 5.26 Å². The molecule has 1 aromatic rings. The van der Waals surface area contributed by atoms with Crippen LogP contribution in [0.2, 0.25) is 0 Å². The number of aliphatic hydroxyl groups is 1. The standard InChI is InChI=1S/C15H20N2O/c16-10-13-5-7-14(8-6-13)15(18)11-17-9-1-2-12-3-4-12/h5-8,12,15,17-18H,1-4,9,11H2. The second kappa shape index (κ2) is 6.53. The van der Waals surface area contributed by atoms with Crippen LogP contribution in [0.25, 0.3) is 0 Å².